The fourth-order valence-corrected chi connectivity index (χ4v) is 3.01. The number of ether oxygens (including phenoxy) is 1. The van der Waals surface area contributed by atoms with E-state index in [4.69, 9.17) is 10.5 Å². The number of benzene rings is 1. The molecule has 1 saturated carbocycles. The van der Waals surface area contributed by atoms with Crippen molar-refractivity contribution >= 4 is 27.4 Å². The number of nitrogen functional groups attached to an aromatic ring is 1. The van der Waals surface area contributed by atoms with E-state index >= 15 is 0 Å². The summed E-state index contributed by atoms with van der Waals surface area (Å²) in [6, 6.07) is 3.57. The van der Waals surface area contributed by atoms with Gasteiger partial charge >= 0.3 is 0 Å². The van der Waals surface area contributed by atoms with Crippen molar-refractivity contribution in [3.63, 3.8) is 0 Å². The Morgan fingerprint density at radius 3 is 2.47 bits per heavy atom. The SMILES string of the molecule is CC(=O)c1cc(Br)cc(N)c1OC1CCCCCC1. The average Bonchev–Trinajstić information content (AvgIpc) is 2.60. The zero-order valence-electron chi connectivity index (χ0n) is 11.2. The zero-order chi connectivity index (χ0) is 13.8. The van der Waals surface area contributed by atoms with Crippen LogP contribution in [0.1, 0.15) is 55.8 Å². The molecule has 3 nitrogen and oxygen atoms in total. The van der Waals surface area contributed by atoms with Crippen molar-refractivity contribution in [2.45, 2.75) is 51.6 Å². The van der Waals surface area contributed by atoms with E-state index in [1.54, 1.807) is 19.1 Å². The first kappa shape index (κ1) is 14.4. The molecule has 0 atom stereocenters. The number of rotatable bonds is 3. The van der Waals surface area contributed by atoms with Crippen LogP contribution in [-0.4, -0.2) is 11.9 Å². The molecule has 1 aliphatic rings. The van der Waals surface area contributed by atoms with Gasteiger partial charge in [0.1, 0.15) is 0 Å². The van der Waals surface area contributed by atoms with Gasteiger partial charge in [-0.1, -0.05) is 28.8 Å². The molecule has 0 aromatic heterocycles. The van der Waals surface area contributed by atoms with E-state index in [1.165, 1.54) is 25.7 Å². The smallest absolute Gasteiger partial charge is 0.163 e. The van der Waals surface area contributed by atoms with E-state index in [2.05, 4.69) is 15.9 Å². The maximum Gasteiger partial charge on any atom is 0.163 e. The molecule has 1 aromatic rings. The van der Waals surface area contributed by atoms with Crippen LogP contribution in [0.5, 0.6) is 5.75 Å². The first-order valence-corrected chi connectivity index (χ1v) is 7.64. The van der Waals surface area contributed by atoms with E-state index in [-0.39, 0.29) is 11.9 Å². The third-order valence-corrected chi connectivity index (χ3v) is 4.01. The summed E-state index contributed by atoms with van der Waals surface area (Å²) in [7, 11) is 0. The molecule has 1 aliphatic carbocycles. The van der Waals surface area contributed by atoms with Gasteiger partial charge in [0.05, 0.1) is 17.4 Å². The minimum Gasteiger partial charge on any atom is -0.488 e. The highest BCUT2D eigenvalue weighted by Gasteiger charge is 2.19. The summed E-state index contributed by atoms with van der Waals surface area (Å²) in [5.41, 5.74) is 7.11. The van der Waals surface area contributed by atoms with E-state index in [0.29, 0.717) is 17.0 Å². The lowest BCUT2D eigenvalue weighted by molar-refractivity contribution is 0.100. The molecule has 0 heterocycles. The maximum absolute atomic E-state index is 11.7. The Kier molecular flexibility index (Phi) is 4.86. The molecule has 0 unspecified atom stereocenters. The number of carbonyl (C=O) groups is 1. The molecular weight excluding hydrogens is 306 g/mol. The second-order valence-electron chi connectivity index (χ2n) is 5.16. The van der Waals surface area contributed by atoms with E-state index in [9.17, 15) is 4.79 Å². The fourth-order valence-electron chi connectivity index (χ4n) is 2.53. The number of halogens is 1. The first-order chi connectivity index (χ1) is 9.08. The molecule has 0 amide bonds. The van der Waals surface area contributed by atoms with Crippen LogP contribution in [0.25, 0.3) is 0 Å². The van der Waals surface area contributed by atoms with Crippen LogP contribution in [-0.2, 0) is 0 Å². The normalized spacial score (nSPS) is 16.9. The second-order valence-corrected chi connectivity index (χ2v) is 6.07. The topological polar surface area (TPSA) is 52.3 Å². The summed E-state index contributed by atoms with van der Waals surface area (Å²) >= 11 is 3.37. The van der Waals surface area contributed by atoms with Gasteiger partial charge in [0, 0.05) is 4.47 Å². The van der Waals surface area contributed by atoms with Gasteiger partial charge in [-0.05, 0) is 44.7 Å². The van der Waals surface area contributed by atoms with Gasteiger partial charge in [-0.2, -0.15) is 0 Å². The van der Waals surface area contributed by atoms with Gasteiger partial charge in [0.15, 0.2) is 11.5 Å². The van der Waals surface area contributed by atoms with Crippen molar-refractivity contribution in [1.29, 1.82) is 0 Å². The van der Waals surface area contributed by atoms with E-state index < -0.39 is 0 Å². The molecule has 0 spiro atoms. The van der Waals surface area contributed by atoms with Crippen LogP contribution in [0.2, 0.25) is 0 Å². The maximum atomic E-state index is 11.7. The Morgan fingerprint density at radius 1 is 1.26 bits per heavy atom. The molecule has 0 bridgehead atoms. The first-order valence-electron chi connectivity index (χ1n) is 6.84. The highest BCUT2D eigenvalue weighted by Crippen LogP contribution is 2.33. The highest BCUT2D eigenvalue weighted by atomic mass is 79.9. The van der Waals surface area contributed by atoms with E-state index in [0.717, 1.165) is 17.3 Å². The van der Waals surface area contributed by atoms with Gasteiger partial charge in [-0.3, -0.25) is 4.79 Å². The molecule has 1 aromatic carbocycles. The average molecular weight is 326 g/mol. The Balaban J connectivity index is 2.25. The summed E-state index contributed by atoms with van der Waals surface area (Å²) in [5, 5.41) is 0. The lowest BCUT2D eigenvalue weighted by Gasteiger charge is -2.20. The minimum atomic E-state index is -0.0170. The van der Waals surface area contributed by atoms with Gasteiger partial charge in [0.2, 0.25) is 0 Å². The summed E-state index contributed by atoms with van der Waals surface area (Å²) in [6.45, 7) is 1.54. The Morgan fingerprint density at radius 2 is 1.89 bits per heavy atom. The predicted molar refractivity (Wildman–Crippen MR) is 80.7 cm³/mol. The summed E-state index contributed by atoms with van der Waals surface area (Å²) < 4.78 is 6.86. The Labute approximate surface area is 122 Å². The Bertz CT molecular complexity index is 465. The van der Waals surface area contributed by atoms with Crippen LogP contribution < -0.4 is 10.5 Å². The van der Waals surface area contributed by atoms with Gasteiger partial charge in [-0.25, -0.2) is 0 Å². The molecule has 0 aliphatic heterocycles. The van der Waals surface area contributed by atoms with Crippen LogP contribution in [0.15, 0.2) is 16.6 Å². The third kappa shape index (κ3) is 3.72. The van der Waals surface area contributed by atoms with Crippen molar-refractivity contribution < 1.29 is 9.53 Å². The van der Waals surface area contributed by atoms with Crippen LogP contribution in [0.4, 0.5) is 5.69 Å². The molecule has 4 heteroatoms. The van der Waals surface area contributed by atoms with Crippen LogP contribution in [0.3, 0.4) is 0 Å². The van der Waals surface area contributed by atoms with Crippen LogP contribution >= 0.6 is 15.9 Å². The van der Waals surface area contributed by atoms with E-state index in [1.807, 2.05) is 0 Å². The number of ketones is 1. The molecule has 0 saturated heterocycles. The monoisotopic (exact) mass is 325 g/mol. The number of anilines is 1. The molecular formula is C15H20BrNO2. The largest absolute Gasteiger partial charge is 0.488 e. The number of carbonyl (C=O) groups excluding carboxylic acids is 1. The third-order valence-electron chi connectivity index (χ3n) is 3.55. The van der Waals surface area contributed by atoms with Gasteiger partial charge < -0.3 is 10.5 Å². The predicted octanol–water partition coefficient (Wildman–Crippen LogP) is 4.34. The molecule has 19 heavy (non-hydrogen) atoms. The van der Waals surface area contributed by atoms with Crippen LogP contribution in [0, 0.1) is 0 Å². The fraction of sp³-hybridized carbons (Fsp3) is 0.533. The molecule has 0 radical (unpaired) electrons. The number of nitrogens with two attached hydrogens (primary N) is 1. The van der Waals surface area contributed by atoms with Gasteiger partial charge in [-0.15, -0.1) is 0 Å². The quantitative estimate of drug-likeness (QED) is 0.511. The summed E-state index contributed by atoms with van der Waals surface area (Å²) in [5.74, 6) is 0.541. The number of hydrogen-bond donors (Lipinski definition) is 1. The van der Waals surface area contributed by atoms with Crippen molar-refractivity contribution in [2.75, 3.05) is 5.73 Å². The molecule has 2 rings (SSSR count). The molecule has 104 valence electrons. The van der Waals surface area contributed by atoms with Crippen molar-refractivity contribution in [1.82, 2.24) is 0 Å². The highest BCUT2D eigenvalue weighted by molar-refractivity contribution is 9.10. The number of Topliss-reactive ketones (excluding diaryl/α,β-unsaturated/α-hetero) is 1. The molecule has 2 N–H and O–H groups in total. The van der Waals surface area contributed by atoms with Crippen molar-refractivity contribution in [3.05, 3.63) is 22.2 Å². The van der Waals surface area contributed by atoms with Crippen molar-refractivity contribution in [3.8, 4) is 5.75 Å². The standard InChI is InChI=1S/C15H20BrNO2/c1-10(18)13-8-11(16)9-14(17)15(13)19-12-6-4-2-3-5-7-12/h8-9,12H,2-7,17H2,1H3. The zero-order valence-corrected chi connectivity index (χ0v) is 12.8. The van der Waals surface area contributed by atoms with Gasteiger partial charge in [0.25, 0.3) is 0 Å². The number of hydrogen-bond acceptors (Lipinski definition) is 3. The minimum absolute atomic E-state index is 0.0170. The second kappa shape index (κ2) is 6.42. The summed E-state index contributed by atoms with van der Waals surface area (Å²) in [4.78, 5) is 11.7. The lowest BCUT2D eigenvalue weighted by atomic mass is 10.1. The summed E-state index contributed by atoms with van der Waals surface area (Å²) in [6.07, 6.45) is 7.21. The van der Waals surface area contributed by atoms with Crippen molar-refractivity contribution in [2.24, 2.45) is 0 Å². The lowest BCUT2D eigenvalue weighted by Crippen LogP contribution is -2.17. The molecule has 1 fully saturated rings. The Hall–Kier alpha value is -1.03.